The van der Waals surface area contributed by atoms with Crippen molar-refractivity contribution in [3.63, 3.8) is 0 Å². The molecule has 0 aliphatic rings. The Morgan fingerprint density at radius 3 is 2.34 bits per heavy atom. The number of benzene rings is 2. The number of ether oxygens (including phenoxy) is 3. The lowest BCUT2D eigenvalue weighted by Crippen LogP contribution is -2.46. The molecule has 0 aliphatic heterocycles. The van der Waals surface area contributed by atoms with Crippen molar-refractivity contribution < 1.29 is 33.4 Å². The van der Waals surface area contributed by atoms with Gasteiger partial charge in [-0.1, -0.05) is 41.9 Å². The molecule has 2 aromatic rings. The van der Waals surface area contributed by atoms with Crippen LogP contribution in [0, 0.1) is 0 Å². The number of anilines is 1. The molecule has 0 fully saturated rings. The SMILES string of the molecule is COC(=O)c1cc(Cl)ccc1NC(=O)C(CCC(=O)OCc1ccccc1)NC(=O)OC(C)(C)C. The zero-order valence-corrected chi connectivity index (χ0v) is 20.8. The maximum Gasteiger partial charge on any atom is 0.408 e. The van der Waals surface area contributed by atoms with Gasteiger partial charge in [-0.25, -0.2) is 9.59 Å². The minimum Gasteiger partial charge on any atom is -0.465 e. The average Bonchev–Trinajstić information content (AvgIpc) is 2.80. The Hall–Kier alpha value is -3.59. The molecule has 10 heteroatoms. The highest BCUT2D eigenvalue weighted by molar-refractivity contribution is 6.31. The molecule has 1 atom stereocenters. The van der Waals surface area contributed by atoms with E-state index in [1.165, 1.54) is 25.3 Å². The topological polar surface area (TPSA) is 120 Å². The summed E-state index contributed by atoms with van der Waals surface area (Å²) in [6.45, 7) is 5.13. The zero-order valence-electron chi connectivity index (χ0n) is 20.1. The van der Waals surface area contributed by atoms with Crippen LogP contribution in [-0.4, -0.2) is 42.7 Å². The number of nitrogens with one attached hydrogen (secondary N) is 2. The number of carbonyl (C=O) groups is 4. The smallest absolute Gasteiger partial charge is 0.408 e. The molecule has 0 radical (unpaired) electrons. The first-order chi connectivity index (χ1) is 16.5. The molecule has 0 heterocycles. The molecule has 1 unspecified atom stereocenters. The van der Waals surface area contributed by atoms with Gasteiger partial charge in [0.25, 0.3) is 0 Å². The van der Waals surface area contributed by atoms with Crippen LogP contribution in [0.4, 0.5) is 10.5 Å². The highest BCUT2D eigenvalue weighted by Gasteiger charge is 2.26. The van der Waals surface area contributed by atoms with Crippen LogP contribution in [0.1, 0.15) is 49.5 Å². The van der Waals surface area contributed by atoms with E-state index in [-0.39, 0.29) is 35.7 Å². The number of amides is 2. The van der Waals surface area contributed by atoms with Crippen LogP contribution in [0.3, 0.4) is 0 Å². The molecule has 2 N–H and O–H groups in total. The van der Waals surface area contributed by atoms with E-state index in [0.29, 0.717) is 0 Å². The Morgan fingerprint density at radius 1 is 1.03 bits per heavy atom. The van der Waals surface area contributed by atoms with Gasteiger partial charge >= 0.3 is 18.0 Å². The van der Waals surface area contributed by atoms with E-state index in [2.05, 4.69) is 10.6 Å². The van der Waals surface area contributed by atoms with Crippen LogP contribution in [0.25, 0.3) is 0 Å². The first-order valence-electron chi connectivity index (χ1n) is 10.9. The summed E-state index contributed by atoms with van der Waals surface area (Å²) in [6, 6.07) is 12.3. The van der Waals surface area contributed by atoms with Gasteiger partial charge in [-0.05, 0) is 51.0 Å². The van der Waals surface area contributed by atoms with Crippen LogP contribution >= 0.6 is 11.6 Å². The van der Waals surface area contributed by atoms with E-state index < -0.39 is 35.6 Å². The van der Waals surface area contributed by atoms with E-state index >= 15 is 0 Å². The maximum absolute atomic E-state index is 13.0. The van der Waals surface area contributed by atoms with Crippen molar-refractivity contribution >= 4 is 41.2 Å². The van der Waals surface area contributed by atoms with Gasteiger partial charge in [0.05, 0.1) is 18.4 Å². The van der Waals surface area contributed by atoms with Crippen molar-refractivity contribution in [3.8, 4) is 0 Å². The number of alkyl carbamates (subject to hydrolysis) is 1. The first kappa shape index (κ1) is 27.7. The van der Waals surface area contributed by atoms with E-state index in [4.69, 9.17) is 25.8 Å². The van der Waals surface area contributed by atoms with Gasteiger partial charge in [-0.15, -0.1) is 0 Å². The van der Waals surface area contributed by atoms with E-state index in [0.717, 1.165) is 5.56 Å². The minimum atomic E-state index is -1.16. The van der Waals surface area contributed by atoms with Crippen LogP contribution in [0.2, 0.25) is 5.02 Å². The summed E-state index contributed by atoms with van der Waals surface area (Å²) in [5.41, 5.74) is 0.189. The molecular formula is C25H29ClN2O7. The number of methoxy groups -OCH3 is 1. The molecule has 188 valence electrons. The number of rotatable bonds is 9. The largest absolute Gasteiger partial charge is 0.465 e. The predicted octanol–water partition coefficient (Wildman–Crippen LogP) is 4.48. The molecule has 0 aromatic heterocycles. The Kier molecular flexibility index (Phi) is 10.1. The van der Waals surface area contributed by atoms with Gasteiger partial charge < -0.3 is 24.8 Å². The van der Waals surface area contributed by atoms with Crippen molar-refractivity contribution in [3.05, 3.63) is 64.7 Å². The fourth-order valence-corrected chi connectivity index (χ4v) is 3.09. The number of esters is 2. The van der Waals surface area contributed by atoms with Gasteiger partial charge in [0, 0.05) is 11.4 Å². The van der Waals surface area contributed by atoms with Gasteiger partial charge in [0.15, 0.2) is 0 Å². The molecule has 2 rings (SSSR count). The normalized spacial score (nSPS) is 11.7. The lowest BCUT2D eigenvalue weighted by Gasteiger charge is -2.23. The zero-order chi connectivity index (χ0) is 26.0. The summed E-state index contributed by atoms with van der Waals surface area (Å²) >= 11 is 5.96. The lowest BCUT2D eigenvalue weighted by molar-refractivity contribution is -0.145. The Morgan fingerprint density at radius 2 is 1.71 bits per heavy atom. The van der Waals surface area contributed by atoms with Gasteiger partial charge in [0.1, 0.15) is 18.2 Å². The van der Waals surface area contributed by atoms with Gasteiger partial charge in [0.2, 0.25) is 5.91 Å². The van der Waals surface area contributed by atoms with Gasteiger partial charge in [-0.2, -0.15) is 0 Å². The summed E-state index contributed by atoms with van der Waals surface area (Å²) in [5, 5.41) is 5.33. The maximum atomic E-state index is 13.0. The number of hydrogen-bond acceptors (Lipinski definition) is 7. The summed E-state index contributed by atoms with van der Waals surface area (Å²) < 4.78 is 15.2. The summed E-state index contributed by atoms with van der Waals surface area (Å²) in [4.78, 5) is 49.7. The lowest BCUT2D eigenvalue weighted by atomic mass is 10.1. The second-order valence-electron chi connectivity index (χ2n) is 8.55. The van der Waals surface area contributed by atoms with Gasteiger partial charge in [-0.3, -0.25) is 9.59 Å². The van der Waals surface area contributed by atoms with Crippen molar-refractivity contribution in [2.24, 2.45) is 0 Å². The van der Waals surface area contributed by atoms with Crippen LogP contribution in [0.5, 0.6) is 0 Å². The third-order valence-corrected chi connectivity index (χ3v) is 4.77. The van der Waals surface area contributed by atoms with Crippen molar-refractivity contribution in [2.75, 3.05) is 12.4 Å². The number of carbonyl (C=O) groups excluding carboxylic acids is 4. The standard InChI is InChI=1S/C25H29ClN2O7/c1-25(2,3)35-24(32)28-20(12-13-21(29)34-15-16-8-6-5-7-9-16)22(30)27-19-11-10-17(26)14-18(19)23(31)33-4/h5-11,14,20H,12-13,15H2,1-4H3,(H,27,30)(H,28,32). The highest BCUT2D eigenvalue weighted by atomic mass is 35.5. The van der Waals surface area contributed by atoms with Crippen LogP contribution < -0.4 is 10.6 Å². The summed E-state index contributed by atoms with van der Waals surface area (Å²) in [5.74, 6) is -1.91. The predicted molar refractivity (Wildman–Crippen MR) is 130 cm³/mol. The van der Waals surface area contributed by atoms with Crippen molar-refractivity contribution in [1.29, 1.82) is 0 Å². The third-order valence-electron chi connectivity index (χ3n) is 4.53. The minimum absolute atomic E-state index is 0.0339. The van der Waals surface area contributed by atoms with E-state index in [1.54, 1.807) is 20.8 Å². The highest BCUT2D eigenvalue weighted by Crippen LogP contribution is 2.22. The van der Waals surface area contributed by atoms with Crippen molar-refractivity contribution in [1.82, 2.24) is 5.32 Å². The molecule has 35 heavy (non-hydrogen) atoms. The molecular weight excluding hydrogens is 476 g/mol. The molecule has 2 aromatic carbocycles. The number of hydrogen-bond donors (Lipinski definition) is 2. The average molecular weight is 505 g/mol. The molecule has 0 saturated carbocycles. The molecule has 0 aliphatic carbocycles. The summed E-state index contributed by atoms with van der Waals surface area (Å²) in [6.07, 6.45) is -1.05. The molecule has 2 amide bonds. The molecule has 9 nitrogen and oxygen atoms in total. The molecule has 0 spiro atoms. The molecule has 0 bridgehead atoms. The fraction of sp³-hybridized carbons (Fsp3) is 0.360. The Balaban J connectivity index is 2.11. The fourth-order valence-electron chi connectivity index (χ4n) is 2.92. The van der Waals surface area contributed by atoms with E-state index in [1.807, 2.05) is 30.3 Å². The van der Waals surface area contributed by atoms with Crippen molar-refractivity contribution in [2.45, 2.75) is 51.9 Å². The first-order valence-corrected chi connectivity index (χ1v) is 11.2. The van der Waals surface area contributed by atoms with Crippen LogP contribution in [0.15, 0.2) is 48.5 Å². The van der Waals surface area contributed by atoms with E-state index in [9.17, 15) is 19.2 Å². The monoisotopic (exact) mass is 504 g/mol. The Bertz CT molecular complexity index is 1050. The second-order valence-corrected chi connectivity index (χ2v) is 8.99. The summed E-state index contributed by atoms with van der Waals surface area (Å²) in [7, 11) is 1.20. The third kappa shape index (κ3) is 9.66. The number of halogens is 1. The second kappa shape index (κ2) is 12.8. The molecule has 0 saturated heterocycles. The quantitative estimate of drug-likeness (QED) is 0.381. The van der Waals surface area contributed by atoms with Crippen LogP contribution in [-0.2, 0) is 30.4 Å². The Labute approximate surface area is 209 Å².